The Morgan fingerprint density at radius 3 is 2.53 bits per heavy atom. The summed E-state index contributed by atoms with van der Waals surface area (Å²) >= 11 is 0. The van der Waals surface area contributed by atoms with E-state index in [1.54, 1.807) is 0 Å². The van der Waals surface area contributed by atoms with Crippen LogP contribution < -0.4 is 0 Å². The molecule has 0 aromatic heterocycles. The van der Waals surface area contributed by atoms with Gasteiger partial charge in [0, 0.05) is 6.04 Å². The lowest BCUT2D eigenvalue weighted by atomic mass is 9.94. The molecular weight excluding hydrogens is 206 g/mol. The van der Waals surface area contributed by atoms with Crippen LogP contribution in [0.3, 0.4) is 0 Å². The predicted octanol–water partition coefficient (Wildman–Crippen LogP) is 3.85. The first-order valence-electron chi connectivity index (χ1n) is 6.44. The SMILES string of the molecule is C[C@@H]1CCN(C)[C@@H]1c1ccc2ccccc2c1. The average Bonchev–Trinajstić information content (AvgIpc) is 2.68. The quantitative estimate of drug-likeness (QED) is 0.712. The van der Waals surface area contributed by atoms with Gasteiger partial charge in [0.15, 0.2) is 0 Å². The largest absolute Gasteiger partial charge is 0.299 e. The van der Waals surface area contributed by atoms with Gasteiger partial charge < -0.3 is 0 Å². The molecule has 0 spiro atoms. The Kier molecular flexibility index (Phi) is 2.64. The monoisotopic (exact) mass is 225 g/mol. The number of fused-ring (bicyclic) bond motifs is 1. The lowest BCUT2D eigenvalue weighted by Gasteiger charge is -2.23. The third-order valence-electron chi connectivity index (χ3n) is 4.07. The number of likely N-dealkylation sites (tertiary alicyclic amines) is 1. The zero-order valence-electron chi connectivity index (χ0n) is 10.6. The second-order valence-corrected chi connectivity index (χ2v) is 5.30. The number of benzene rings is 2. The molecule has 0 aliphatic carbocycles. The Morgan fingerprint density at radius 2 is 1.82 bits per heavy atom. The lowest BCUT2D eigenvalue weighted by Crippen LogP contribution is -2.20. The molecular formula is C16H19N. The summed E-state index contributed by atoms with van der Waals surface area (Å²) in [5.41, 5.74) is 1.47. The van der Waals surface area contributed by atoms with Crippen molar-refractivity contribution in [3.63, 3.8) is 0 Å². The van der Waals surface area contributed by atoms with Crippen molar-refractivity contribution in [1.82, 2.24) is 4.90 Å². The molecule has 88 valence electrons. The van der Waals surface area contributed by atoms with E-state index in [2.05, 4.69) is 61.3 Å². The Labute approximate surface area is 103 Å². The summed E-state index contributed by atoms with van der Waals surface area (Å²) in [5.74, 6) is 0.765. The zero-order valence-corrected chi connectivity index (χ0v) is 10.6. The van der Waals surface area contributed by atoms with E-state index in [1.807, 2.05) is 0 Å². The maximum atomic E-state index is 2.48. The molecule has 1 fully saturated rings. The van der Waals surface area contributed by atoms with Crippen LogP contribution in [0.15, 0.2) is 42.5 Å². The van der Waals surface area contributed by atoms with Crippen molar-refractivity contribution >= 4 is 10.8 Å². The topological polar surface area (TPSA) is 3.24 Å². The first-order chi connectivity index (χ1) is 8.25. The molecule has 2 aromatic carbocycles. The third-order valence-corrected chi connectivity index (χ3v) is 4.07. The van der Waals surface area contributed by atoms with E-state index < -0.39 is 0 Å². The number of rotatable bonds is 1. The third kappa shape index (κ3) is 1.85. The Bertz CT molecular complexity index is 522. The normalized spacial score (nSPS) is 25.5. The standard InChI is InChI=1S/C16H19N/c1-12-9-10-17(2)16(12)15-8-7-13-5-3-4-6-14(13)11-15/h3-8,11-12,16H,9-10H2,1-2H3/t12-,16+/m1/s1. The van der Waals surface area contributed by atoms with E-state index in [0.717, 1.165) is 5.92 Å². The minimum Gasteiger partial charge on any atom is -0.299 e. The van der Waals surface area contributed by atoms with Gasteiger partial charge in [0.2, 0.25) is 0 Å². The summed E-state index contributed by atoms with van der Waals surface area (Å²) in [7, 11) is 2.24. The van der Waals surface area contributed by atoms with Gasteiger partial charge in [0.1, 0.15) is 0 Å². The van der Waals surface area contributed by atoms with E-state index in [0.29, 0.717) is 6.04 Å². The highest BCUT2D eigenvalue weighted by molar-refractivity contribution is 5.83. The molecule has 0 unspecified atom stereocenters. The highest BCUT2D eigenvalue weighted by Crippen LogP contribution is 2.36. The number of hydrogen-bond acceptors (Lipinski definition) is 1. The van der Waals surface area contributed by atoms with Gasteiger partial charge in [0.05, 0.1) is 0 Å². The first kappa shape index (κ1) is 10.8. The fraction of sp³-hybridized carbons (Fsp3) is 0.375. The van der Waals surface area contributed by atoms with Crippen molar-refractivity contribution in [2.75, 3.05) is 13.6 Å². The Hall–Kier alpha value is -1.34. The van der Waals surface area contributed by atoms with E-state index in [-0.39, 0.29) is 0 Å². The fourth-order valence-corrected chi connectivity index (χ4v) is 3.11. The molecule has 0 radical (unpaired) electrons. The second-order valence-electron chi connectivity index (χ2n) is 5.30. The van der Waals surface area contributed by atoms with Gasteiger partial charge in [-0.3, -0.25) is 4.90 Å². The van der Waals surface area contributed by atoms with Gasteiger partial charge in [-0.2, -0.15) is 0 Å². The van der Waals surface area contributed by atoms with E-state index in [1.165, 1.54) is 29.3 Å². The number of hydrogen-bond donors (Lipinski definition) is 0. The van der Waals surface area contributed by atoms with Crippen LogP contribution in [0.5, 0.6) is 0 Å². The second kappa shape index (κ2) is 4.15. The molecule has 1 aliphatic rings. The highest BCUT2D eigenvalue weighted by Gasteiger charge is 2.29. The van der Waals surface area contributed by atoms with E-state index in [4.69, 9.17) is 0 Å². The van der Waals surface area contributed by atoms with Crippen molar-refractivity contribution in [2.45, 2.75) is 19.4 Å². The minimum absolute atomic E-state index is 0.597. The molecule has 1 nitrogen and oxygen atoms in total. The van der Waals surface area contributed by atoms with Crippen LogP contribution in [0.4, 0.5) is 0 Å². The van der Waals surface area contributed by atoms with Crippen LogP contribution in [0.2, 0.25) is 0 Å². The molecule has 0 saturated carbocycles. The molecule has 1 aliphatic heterocycles. The Morgan fingerprint density at radius 1 is 1.06 bits per heavy atom. The van der Waals surface area contributed by atoms with Crippen molar-refractivity contribution in [1.29, 1.82) is 0 Å². The lowest BCUT2D eigenvalue weighted by molar-refractivity contribution is 0.286. The van der Waals surface area contributed by atoms with Crippen LogP contribution in [0.1, 0.15) is 24.9 Å². The van der Waals surface area contributed by atoms with Crippen LogP contribution in [-0.2, 0) is 0 Å². The first-order valence-corrected chi connectivity index (χ1v) is 6.44. The maximum Gasteiger partial charge on any atom is 0.0371 e. The Balaban J connectivity index is 2.05. The molecule has 3 rings (SSSR count). The summed E-state index contributed by atoms with van der Waals surface area (Å²) in [6, 6.07) is 16.1. The summed E-state index contributed by atoms with van der Waals surface area (Å²) in [6.07, 6.45) is 1.31. The van der Waals surface area contributed by atoms with Gasteiger partial charge >= 0.3 is 0 Å². The van der Waals surface area contributed by atoms with Crippen molar-refractivity contribution in [3.05, 3.63) is 48.0 Å². The molecule has 0 bridgehead atoms. The molecule has 0 N–H and O–H groups in total. The van der Waals surface area contributed by atoms with Crippen LogP contribution in [0, 0.1) is 5.92 Å². The molecule has 2 atom stereocenters. The summed E-state index contributed by atoms with van der Waals surface area (Å²) in [5, 5.41) is 2.70. The van der Waals surface area contributed by atoms with Crippen molar-refractivity contribution < 1.29 is 0 Å². The van der Waals surface area contributed by atoms with Crippen molar-refractivity contribution in [3.8, 4) is 0 Å². The van der Waals surface area contributed by atoms with Gasteiger partial charge in [-0.05, 0) is 48.3 Å². The maximum absolute atomic E-state index is 2.48. The zero-order chi connectivity index (χ0) is 11.8. The smallest absolute Gasteiger partial charge is 0.0371 e. The van der Waals surface area contributed by atoms with E-state index >= 15 is 0 Å². The highest BCUT2D eigenvalue weighted by atomic mass is 15.2. The van der Waals surface area contributed by atoms with Crippen LogP contribution >= 0.6 is 0 Å². The van der Waals surface area contributed by atoms with Gasteiger partial charge in [-0.15, -0.1) is 0 Å². The molecule has 1 heteroatoms. The summed E-state index contributed by atoms with van der Waals surface area (Å²) in [6.45, 7) is 3.59. The molecule has 2 aromatic rings. The van der Waals surface area contributed by atoms with E-state index in [9.17, 15) is 0 Å². The molecule has 1 saturated heterocycles. The molecule has 17 heavy (non-hydrogen) atoms. The van der Waals surface area contributed by atoms with Gasteiger partial charge in [-0.1, -0.05) is 43.3 Å². The summed E-state index contributed by atoms with van der Waals surface area (Å²) in [4.78, 5) is 2.48. The van der Waals surface area contributed by atoms with Gasteiger partial charge in [0.25, 0.3) is 0 Å². The van der Waals surface area contributed by atoms with Crippen LogP contribution in [0.25, 0.3) is 10.8 Å². The average molecular weight is 225 g/mol. The summed E-state index contributed by atoms with van der Waals surface area (Å²) < 4.78 is 0. The predicted molar refractivity (Wildman–Crippen MR) is 73.1 cm³/mol. The minimum atomic E-state index is 0.597. The molecule has 1 heterocycles. The van der Waals surface area contributed by atoms with Gasteiger partial charge in [-0.25, -0.2) is 0 Å². The van der Waals surface area contributed by atoms with Crippen molar-refractivity contribution in [2.24, 2.45) is 5.92 Å². The van der Waals surface area contributed by atoms with Crippen LogP contribution in [-0.4, -0.2) is 18.5 Å². The fourth-order valence-electron chi connectivity index (χ4n) is 3.11. The molecule has 0 amide bonds. The number of nitrogens with zero attached hydrogens (tertiary/aromatic N) is 1.